The van der Waals surface area contributed by atoms with Crippen molar-refractivity contribution in [3.8, 4) is 6.07 Å². The van der Waals surface area contributed by atoms with Crippen molar-refractivity contribution in [1.29, 1.82) is 5.26 Å². The number of hydrogen-bond donors (Lipinski definition) is 1. The molecule has 0 aliphatic rings. The van der Waals surface area contributed by atoms with Crippen LogP contribution in [0.25, 0.3) is 6.08 Å². The van der Waals surface area contributed by atoms with E-state index < -0.39 is 5.91 Å². The lowest BCUT2D eigenvalue weighted by molar-refractivity contribution is -0.112. The van der Waals surface area contributed by atoms with Gasteiger partial charge in [-0.05, 0) is 50.1 Å². The van der Waals surface area contributed by atoms with Gasteiger partial charge < -0.3 is 5.32 Å². The highest BCUT2D eigenvalue weighted by Gasteiger charge is 2.14. The highest BCUT2D eigenvalue weighted by atomic mass is 35.5. The third-order valence-electron chi connectivity index (χ3n) is 3.57. The van der Waals surface area contributed by atoms with Crippen molar-refractivity contribution in [2.75, 3.05) is 5.32 Å². The minimum atomic E-state index is -0.497. The van der Waals surface area contributed by atoms with E-state index in [4.69, 9.17) is 23.2 Å². The Labute approximate surface area is 151 Å². The molecule has 5 heteroatoms. The van der Waals surface area contributed by atoms with Gasteiger partial charge in [-0.3, -0.25) is 4.79 Å². The lowest BCUT2D eigenvalue weighted by atomic mass is 10.0. The summed E-state index contributed by atoms with van der Waals surface area (Å²) >= 11 is 12.2. The van der Waals surface area contributed by atoms with Crippen LogP contribution in [0, 0.1) is 32.1 Å². The Morgan fingerprint density at radius 3 is 2.17 bits per heavy atom. The molecular weight excluding hydrogens is 343 g/mol. The smallest absolute Gasteiger partial charge is 0.266 e. The Balaban J connectivity index is 2.38. The molecular formula is C19H16Cl2N2O. The summed E-state index contributed by atoms with van der Waals surface area (Å²) in [7, 11) is 0. The maximum Gasteiger partial charge on any atom is 0.266 e. The van der Waals surface area contributed by atoms with Crippen LogP contribution in [-0.2, 0) is 4.79 Å². The first-order valence-corrected chi connectivity index (χ1v) is 8.04. The molecule has 0 aromatic heterocycles. The summed E-state index contributed by atoms with van der Waals surface area (Å²) in [6, 6.07) is 10.9. The number of rotatable bonds is 3. The van der Waals surface area contributed by atoms with Crippen LogP contribution in [0.1, 0.15) is 22.3 Å². The quantitative estimate of drug-likeness (QED) is 0.584. The summed E-state index contributed by atoms with van der Waals surface area (Å²) < 4.78 is 0. The fourth-order valence-corrected chi connectivity index (χ4v) is 3.01. The van der Waals surface area contributed by atoms with Crippen LogP contribution in [-0.4, -0.2) is 5.91 Å². The van der Waals surface area contributed by atoms with Gasteiger partial charge in [0.25, 0.3) is 5.91 Å². The van der Waals surface area contributed by atoms with Gasteiger partial charge in [0.15, 0.2) is 0 Å². The SMILES string of the molecule is Cc1cc(C)c(NC(=O)/C(C#N)=C/c2c(Cl)cccc2Cl)c(C)c1. The molecule has 2 aromatic carbocycles. The molecule has 0 atom stereocenters. The topological polar surface area (TPSA) is 52.9 Å². The van der Waals surface area contributed by atoms with Crippen molar-refractivity contribution in [2.45, 2.75) is 20.8 Å². The normalized spacial score (nSPS) is 11.1. The highest BCUT2D eigenvalue weighted by Crippen LogP contribution is 2.27. The number of aryl methyl sites for hydroxylation is 3. The first kappa shape index (κ1) is 18.1. The fourth-order valence-electron chi connectivity index (χ4n) is 2.50. The number of halogens is 2. The molecule has 2 aromatic rings. The van der Waals surface area contributed by atoms with Crippen molar-refractivity contribution in [3.63, 3.8) is 0 Å². The zero-order valence-electron chi connectivity index (χ0n) is 13.6. The summed E-state index contributed by atoms with van der Waals surface area (Å²) in [6.45, 7) is 5.82. The van der Waals surface area contributed by atoms with Crippen LogP contribution in [0.4, 0.5) is 5.69 Å². The molecule has 0 unspecified atom stereocenters. The molecule has 122 valence electrons. The maximum absolute atomic E-state index is 12.5. The Morgan fingerprint density at radius 1 is 1.12 bits per heavy atom. The number of benzene rings is 2. The minimum Gasteiger partial charge on any atom is -0.321 e. The lowest BCUT2D eigenvalue weighted by Gasteiger charge is -2.12. The molecule has 2 rings (SSSR count). The van der Waals surface area contributed by atoms with Gasteiger partial charge in [-0.2, -0.15) is 5.26 Å². The molecule has 1 N–H and O–H groups in total. The average molecular weight is 359 g/mol. The number of hydrogen-bond acceptors (Lipinski definition) is 2. The van der Waals surface area contributed by atoms with Crippen LogP contribution in [0.3, 0.4) is 0 Å². The van der Waals surface area contributed by atoms with E-state index in [0.717, 1.165) is 16.7 Å². The van der Waals surface area contributed by atoms with E-state index in [9.17, 15) is 10.1 Å². The minimum absolute atomic E-state index is 0.0654. The maximum atomic E-state index is 12.5. The summed E-state index contributed by atoms with van der Waals surface area (Å²) in [4.78, 5) is 12.5. The monoisotopic (exact) mass is 358 g/mol. The van der Waals surface area contributed by atoms with Crippen molar-refractivity contribution in [1.82, 2.24) is 0 Å². The number of nitriles is 1. The third-order valence-corrected chi connectivity index (χ3v) is 4.23. The van der Waals surface area contributed by atoms with Crippen LogP contribution in [0.15, 0.2) is 35.9 Å². The third kappa shape index (κ3) is 3.97. The summed E-state index contributed by atoms with van der Waals surface area (Å²) in [6.07, 6.45) is 1.40. The molecule has 0 radical (unpaired) electrons. The van der Waals surface area contributed by atoms with E-state index in [1.54, 1.807) is 18.2 Å². The molecule has 0 fully saturated rings. The van der Waals surface area contributed by atoms with Gasteiger partial charge in [-0.15, -0.1) is 0 Å². The summed E-state index contributed by atoms with van der Waals surface area (Å²) in [5, 5.41) is 12.9. The Morgan fingerprint density at radius 2 is 1.67 bits per heavy atom. The Kier molecular flexibility index (Phi) is 5.66. The zero-order chi connectivity index (χ0) is 17.9. The number of amides is 1. The van der Waals surface area contributed by atoms with E-state index in [0.29, 0.717) is 21.3 Å². The predicted molar refractivity (Wildman–Crippen MR) is 99.3 cm³/mol. The van der Waals surface area contributed by atoms with E-state index in [1.165, 1.54) is 6.08 Å². The van der Waals surface area contributed by atoms with E-state index in [2.05, 4.69) is 5.32 Å². The predicted octanol–water partition coefficient (Wildman–Crippen LogP) is 5.46. The molecule has 0 aliphatic carbocycles. The van der Waals surface area contributed by atoms with Crippen molar-refractivity contribution in [3.05, 3.63) is 68.2 Å². The molecule has 0 heterocycles. The lowest BCUT2D eigenvalue weighted by Crippen LogP contribution is -2.15. The van der Waals surface area contributed by atoms with Gasteiger partial charge in [0.05, 0.1) is 0 Å². The molecule has 0 saturated carbocycles. The number of carbonyl (C=O) groups is 1. The molecule has 3 nitrogen and oxygen atoms in total. The zero-order valence-corrected chi connectivity index (χ0v) is 15.1. The molecule has 0 spiro atoms. The summed E-state index contributed by atoms with van der Waals surface area (Å²) in [5.41, 5.74) is 4.08. The van der Waals surface area contributed by atoms with Crippen LogP contribution < -0.4 is 5.32 Å². The highest BCUT2D eigenvalue weighted by molar-refractivity contribution is 6.37. The molecule has 1 amide bonds. The van der Waals surface area contributed by atoms with Crippen molar-refractivity contribution < 1.29 is 4.79 Å². The van der Waals surface area contributed by atoms with Crippen LogP contribution in [0.5, 0.6) is 0 Å². The molecule has 0 aliphatic heterocycles. The Bertz CT molecular complexity index is 836. The van der Waals surface area contributed by atoms with E-state index in [1.807, 2.05) is 39.0 Å². The number of nitrogens with one attached hydrogen (secondary N) is 1. The van der Waals surface area contributed by atoms with Crippen molar-refractivity contribution in [2.24, 2.45) is 0 Å². The van der Waals surface area contributed by atoms with E-state index in [-0.39, 0.29) is 5.57 Å². The van der Waals surface area contributed by atoms with Crippen LogP contribution >= 0.6 is 23.2 Å². The fraction of sp³-hybridized carbons (Fsp3) is 0.158. The van der Waals surface area contributed by atoms with Gasteiger partial charge in [-0.25, -0.2) is 0 Å². The molecule has 0 bridgehead atoms. The largest absolute Gasteiger partial charge is 0.321 e. The van der Waals surface area contributed by atoms with Gasteiger partial charge in [0.1, 0.15) is 11.6 Å². The van der Waals surface area contributed by atoms with Gasteiger partial charge in [-0.1, -0.05) is 47.0 Å². The average Bonchev–Trinajstić information content (AvgIpc) is 2.50. The first-order valence-electron chi connectivity index (χ1n) is 7.28. The summed E-state index contributed by atoms with van der Waals surface area (Å²) in [5.74, 6) is -0.497. The van der Waals surface area contributed by atoms with Crippen molar-refractivity contribution >= 4 is 40.9 Å². The molecule has 24 heavy (non-hydrogen) atoms. The number of anilines is 1. The second kappa shape index (κ2) is 7.53. The second-order valence-electron chi connectivity index (χ2n) is 5.53. The van der Waals surface area contributed by atoms with E-state index >= 15 is 0 Å². The second-order valence-corrected chi connectivity index (χ2v) is 6.35. The van der Waals surface area contributed by atoms with Gasteiger partial charge in [0.2, 0.25) is 0 Å². The number of carbonyl (C=O) groups excluding carboxylic acids is 1. The molecule has 0 saturated heterocycles. The standard InChI is InChI=1S/C19H16Cl2N2O/c1-11-7-12(2)18(13(3)8-11)23-19(24)14(10-22)9-15-16(20)5-4-6-17(15)21/h4-9H,1-3H3,(H,23,24)/b14-9+. The van der Waals surface area contributed by atoms with Gasteiger partial charge in [0, 0.05) is 21.3 Å². The number of nitrogens with zero attached hydrogens (tertiary/aromatic N) is 1. The first-order chi connectivity index (χ1) is 11.3. The van der Waals surface area contributed by atoms with Gasteiger partial charge >= 0.3 is 0 Å². The Hall–Kier alpha value is -2.28. The van der Waals surface area contributed by atoms with Crippen LogP contribution in [0.2, 0.25) is 10.0 Å².